The first-order valence-electron chi connectivity index (χ1n) is 4.73. The zero-order valence-corrected chi connectivity index (χ0v) is 8.40. The van der Waals surface area contributed by atoms with Crippen LogP contribution in [0.4, 0.5) is 0 Å². The van der Waals surface area contributed by atoms with Crippen molar-refractivity contribution in [3.05, 3.63) is 41.6 Å². The van der Waals surface area contributed by atoms with Crippen molar-refractivity contribution in [3.63, 3.8) is 0 Å². The summed E-state index contributed by atoms with van der Waals surface area (Å²) in [6.07, 6.45) is 1.80. The van der Waals surface area contributed by atoms with Crippen LogP contribution in [0.25, 0.3) is 10.9 Å². The van der Waals surface area contributed by atoms with Gasteiger partial charge in [0.05, 0.1) is 11.9 Å². The monoisotopic (exact) mass is 201 g/mol. The number of aliphatic carboxylic acids is 1. The molecule has 0 aliphatic heterocycles. The normalized spacial score (nSPS) is 10.5. The fourth-order valence-corrected chi connectivity index (χ4v) is 1.63. The number of rotatable bonds is 2. The molecule has 0 radical (unpaired) electrons. The van der Waals surface area contributed by atoms with E-state index in [4.69, 9.17) is 5.11 Å². The second-order valence-electron chi connectivity index (χ2n) is 3.55. The van der Waals surface area contributed by atoms with Gasteiger partial charge in [0.2, 0.25) is 0 Å². The molecule has 3 heteroatoms. The van der Waals surface area contributed by atoms with E-state index in [1.165, 1.54) is 0 Å². The second kappa shape index (κ2) is 3.69. The summed E-state index contributed by atoms with van der Waals surface area (Å²) in [5.41, 5.74) is 2.73. The molecule has 1 aromatic carbocycles. The highest BCUT2D eigenvalue weighted by Gasteiger charge is 2.05. The standard InChI is InChI=1S/C12H11NO2/c1-8-5-11-9(3-2-4-13-11)6-10(8)7-12(14)15/h2-6H,7H2,1H3,(H,14,15). The van der Waals surface area contributed by atoms with Gasteiger partial charge < -0.3 is 5.11 Å². The Hall–Kier alpha value is -1.90. The van der Waals surface area contributed by atoms with Crippen LogP contribution in [0.2, 0.25) is 0 Å². The van der Waals surface area contributed by atoms with Crippen LogP contribution >= 0.6 is 0 Å². The molecular formula is C12H11NO2. The Morgan fingerprint density at radius 3 is 3.00 bits per heavy atom. The van der Waals surface area contributed by atoms with Gasteiger partial charge in [0.1, 0.15) is 0 Å². The molecular weight excluding hydrogens is 190 g/mol. The van der Waals surface area contributed by atoms with E-state index in [2.05, 4.69) is 4.98 Å². The molecule has 0 fully saturated rings. The lowest BCUT2D eigenvalue weighted by Gasteiger charge is -2.05. The van der Waals surface area contributed by atoms with E-state index in [0.29, 0.717) is 0 Å². The maximum absolute atomic E-state index is 10.6. The fourth-order valence-electron chi connectivity index (χ4n) is 1.63. The smallest absolute Gasteiger partial charge is 0.307 e. The van der Waals surface area contributed by atoms with Crippen LogP contribution in [0.15, 0.2) is 30.5 Å². The summed E-state index contributed by atoms with van der Waals surface area (Å²) < 4.78 is 0. The first-order valence-corrected chi connectivity index (χ1v) is 4.73. The first-order chi connectivity index (χ1) is 7.16. The number of hydrogen-bond acceptors (Lipinski definition) is 2. The highest BCUT2D eigenvalue weighted by molar-refractivity contribution is 5.82. The van der Waals surface area contributed by atoms with Crippen LogP contribution in [0.3, 0.4) is 0 Å². The number of nitrogens with zero attached hydrogens (tertiary/aromatic N) is 1. The molecule has 0 unspecified atom stereocenters. The number of fused-ring (bicyclic) bond motifs is 1. The van der Waals surface area contributed by atoms with Gasteiger partial charge in [-0.25, -0.2) is 0 Å². The minimum absolute atomic E-state index is 0.0661. The van der Waals surface area contributed by atoms with E-state index in [9.17, 15) is 4.79 Å². The molecule has 0 atom stereocenters. The number of hydrogen-bond donors (Lipinski definition) is 1. The molecule has 0 saturated heterocycles. The molecule has 0 aliphatic rings. The van der Waals surface area contributed by atoms with Crippen LogP contribution in [0, 0.1) is 6.92 Å². The van der Waals surface area contributed by atoms with E-state index in [-0.39, 0.29) is 6.42 Å². The highest BCUT2D eigenvalue weighted by Crippen LogP contribution is 2.18. The summed E-state index contributed by atoms with van der Waals surface area (Å²) in [5, 5.41) is 9.73. The van der Waals surface area contributed by atoms with Crippen LogP contribution in [-0.2, 0) is 11.2 Å². The van der Waals surface area contributed by atoms with Gasteiger partial charge in [-0.15, -0.1) is 0 Å². The number of benzene rings is 1. The van der Waals surface area contributed by atoms with E-state index < -0.39 is 5.97 Å². The first kappa shape index (κ1) is 9.65. The van der Waals surface area contributed by atoms with Crippen LogP contribution in [0.1, 0.15) is 11.1 Å². The molecule has 0 amide bonds. The quantitative estimate of drug-likeness (QED) is 0.810. The lowest BCUT2D eigenvalue weighted by molar-refractivity contribution is -0.136. The van der Waals surface area contributed by atoms with E-state index in [0.717, 1.165) is 22.0 Å². The van der Waals surface area contributed by atoms with Crippen molar-refractivity contribution in [1.82, 2.24) is 4.98 Å². The van der Waals surface area contributed by atoms with E-state index in [1.807, 2.05) is 31.2 Å². The molecule has 15 heavy (non-hydrogen) atoms. The Morgan fingerprint density at radius 1 is 1.47 bits per heavy atom. The zero-order valence-electron chi connectivity index (χ0n) is 8.40. The summed E-state index contributed by atoms with van der Waals surface area (Å²) >= 11 is 0. The summed E-state index contributed by atoms with van der Waals surface area (Å²) in [4.78, 5) is 14.9. The van der Waals surface area contributed by atoms with Gasteiger partial charge in [0.15, 0.2) is 0 Å². The summed E-state index contributed by atoms with van der Waals surface area (Å²) in [6.45, 7) is 1.91. The number of carboxylic acids is 1. The maximum Gasteiger partial charge on any atom is 0.307 e. The van der Waals surface area contributed by atoms with Gasteiger partial charge in [-0.05, 0) is 36.2 Å². The number of carboxylic acid groups (broad SMARTS) is 1. The Balaban J connectivity index is 2.56. The third kappa shape index (κ3) is 1.96. The van der Waals surface area contributed by atoms with Crippen molar-refractivity contribution in [3.8, 4) is 0 Å². The fraction of sp³-hybridized carbons (Fsp3) is 0.167. The summed E-state index contributed by atoms with van der Waals surface area (Å²) in [5.74, 6) is -0.804. The maximum atomic E-state index is 10.6. The topological polar surface area (TPSA) is 50.2 Å². The Kier molecular flexibility index (Phi) is 2.37. The predicted molar refractivity (Wildman–Crippen MR) is 57.8 cm³/mol. The van der Waals surface area contributed by atoms with E-state index >= 15 is 0 Å². The van der Waals surface area contributed by atoms with Crippen molar-refractivity contribution in [1.29, 1.82) is 0 Å². The highest BCUT2D eigenvalue weighted by atomic mass is 16.4. The lowest BCUT2D eigenvalue weighted by atomic mass is 10.0. The largest absolute Gasteiger partial charge is 0.481 e. The van der Waals surface area contributed by atoms with Crippen molar-refractivity contribution in [2.75, 3.05) is 0 Å². The SMILES string of the molecule is Cc1cc2ncccc2cc1CC(=O)O. The molecule has 2 aromatic rings. The van der Waals surface area contributed by atoms with Gasteiger partial charge in [-0.1, -0.05) is 6.07 Å². The number of pyridine rings is 1. The molecule has 0 spiro atoms. The Morgan fingerprint density at radius 2 is 2.27 bits per heavy atom. The number of carbonyl (C=O) groups is 1. The minimum Gasteiger partial charge on any atom is -0.481 e. The average molecular weight is 201 g/mol. The third-order valence-electron chi connectivity index (χ3n) is 2.40. The summed E-state index contributed by atoms with van der Waals surface area (Å²) in [7, 11) is 0. The van der Waals surface area contributed by atoms with Crippen molar-refractivity contribution >= 4 is 16.9 Å². The molecule has 0 aliphatic carbocycles. The molecule has 3 nitrogen and oxygen atoms in total. The Labute approximate surface area is 87.4 Å². The van der Waals surface area contributed by atoms with Crippen molar-refractivity contribution in [2.45, 2.75) is 13.3 Å². The predicted octanol–water partition coefficient (Wildman–Crippen LogP) is 2.17. The molecule has 1 aromatic heterocycles. The van der Waals surface area contributed by atoms with Gasteiger partial charge in [-0.2, -0.15) is 0 Å². The van der Waals surface area contributed by atoms with Gasteiger partial charge >= 0.3 is 5.97 Å². The molecule has 0 saturated carbocycles. The second-order valence-corrected chi connectivity index (χ2v) is 3.55. The van der Waals surface area contributed by atoms with Crippen molar-refractivity contribution < 1.29 is 9.90 Å². The summed E-state index contributed by atoms with van der Waals surface area (Å²) in [6, 6.07) is 7.61. The van der Waals surface area contributed by atoms with Crippen LogP contribution in [0.5, 0.6) is 0 Å². The minimum atomic E-state index is -0.804. The Bertz CT molecular complexity index is 520. The van der Waals surface area contributed by atoms with E-state index in [1.54, 1.807) is 6.20 Å². The third-order valence-corrected chi connectivity index (χ3v) is 2.40. The van der Waals surface area contributed by atoms with Crippen LogP contribution < -0.4 is 0 Å². The number of aryl methyl sites for hydroxylation is 1. The van der Waals surface area contributed by atoms with Gasteiger partial charge in [-0.3, -0.25) is 9.78 Å². The molecule has 0 bridgehead atoms. The molecule has 1 heterocycles. The average Bonchev–Trinajstić information content (AvgIpc) is 2.18. The van der Waals surface area contributed by atoms with Gasteiger partial charge in [0.25, 0.3) is 0 Å². The number of aromatic nitrogens is 1. The molecule has 76 valence electrons. The zero-order chi connectivity index (χ0) is 10.8. The lowest BCUT2D eigenvalue weighted by Crippen LogP contribution is -2.02. The van der Waals surface area contributed by atoms with Crippen LogP contribution in [-0.4, -0.2) is 16.1 Å². The van der Waals surface area contributed by atoms with Gasteiger partial charge in [0, 0.05) is 11.6 Å². The van der Waals surface area contributed by atoms with Crippen molar-refractivity contribution in [2.24, 2.45) is 0 Å². The molecule has 2 rings (SSSR count). The molecule has 1 N–H and O–H groups in total.